The number of amides is 1. The van der Waals surface area contributed by atoms with Gasteiger partial charge in [-0.25, -0.2) is 0 Å². The van der Waals surface area contributed by atoms with Crippen LogP contribution in [-0.2, 0) is 9.53 Å². The van der Waals surface area contributed by atoms with E-state index in [0.29, 0.717) is 21.3 Å². The lowest BCUT2D eigenvalue weighted by Crippen LogP contribution is -2.22. The van der Waals surface area contributed by atoms with Crippen LogP contribution in [0, 0.1) is 0 Å². The Morgan fingerprint density at radius 2 is 1.79 bits per heavy atom. The molecule has 24 heavy (non-hydrogen) atoms. The van der Waals surface area contributed by atoms with E-state index in [1.54, 1.807) is 36.4 Å². The van der Waals surface area contributed by atoms with Crippen molar-refractivity contribution in [3.63, 3.8) is 0 Å². The average Bonchev–Trinajstić information content (AvgIpc) is 2.54. The van der Waals surface area contributed by atoms with Crippen molar-refractivity contribution in [2.45, 2.75) is 20.0 Å². The lowest BCUT2D eigenvalue weighted by atomic mass is 10.0. The molecule has 2 rings (SSSR count). The van der Waals surface area contributed by atoms with E-state index in [-0.39, 0.29) is 30.0 Å². The lowest BCUT2D eigenvalue weighted by Gasteiger charge is -2.13. The summed E-state index contributed by atoms with van der Waals surface area (Å²) in [5.74, 6) is -0.664. The minimum atomic E-state index is -0.348. The fourth-order valence-electron chi connectivity index (χ4n) is 2.03. The highest BCUT2D eigenvalue weighted by molar-refractivity contribution is 6.36. The summed E-state index contributed by atoms with van der Waals surface area (Å²) in [5.41, 5.74) is 0.977. The Morgan fingerprint density at radius 3 is 2.46 bits per heavy atom. The van der Waals surface area contributed by atoms with Crippen LogP contribution in [0.1, 0.15) is 29.8 Å². The van der Waals surface area contributed by atoms with Crippen LogP contribution in [0.25, 0.3) is 0 Å². The Hall–Kier alpha value is -1.88. The number of ketones is 1. The topological polar surface area (TPSA) is 55.4 Å². The molecule has 0 aromatic heterocycles. The zero-order valence-corrected chi connectivity index (χ0v) is 14.8. The molecule has 126 valence electrons. The van der Waals surface area contributed by atoms with Crippen molar-refractivity contribution in [2.75, 3.05) is 11.9 Å². The monoisotopic (exact) mass is 365 g/mol. The molecular formula is C18H17Cl2NO3. The molecule has 0 heterocycles. The maximum atomic E-state index is 12.8. The number of hydrogen-bond acceptors (Lipinski definition) is 3. The number of benzene rings is 2. The number of ether oxygens (including phenoxy) is 1. The molecular weight excluding hydrogens is 349 g/mol. The first-order valence-corrected chi connectivity index (χ1v) is 8.14. The number of nitrogens with one attached hydrogen (secondary N) is 1. The van der Waals surface area contributed by atoms with Gasteiger partial charge in [0.05, 0.1) is 16.8 Å². The van der Waals surface area contributed by atoms with Gasteiger partial charge in [-0.05, 0) is 44.2 Å². The molecule has 0 atom stereocenters. The Balaban J connectivity index is 2.29. The minimum Gasteiger partial charge on any atom is -0.369 e. The number of halogens is 2. The van der Waals surface area contributed by atoms with Gasteiger partial charge in [-0.1, -0.05) is 35.3 Å². The third-order valence-electron chi connectivity index (χ3n) is 3.17. The van der Waals surface area contributed by atoms with E-state index in [9.17, 15) is 9.59 Å². The van der Waals surface area contributed by atoms with Crippen LogP contribution in [0.3, 0.4) is 0 Å². The smallest absolute Gasteiger partial charge is 0.250 e. The van der Waals surface area contributed by atoms with Crippen LogP contribution in [0.5, 0.6) is 0 Å². The van der Waals surface area contributed by atoms with Gasteiger partial charge in [-0.15, -0.1) is 0 Å². The predicted octanol–water partition coefficient (Wildman–Crippen LogP) is 4.59. The van der Waals surface area contributed by atoms with Gasteiger partial charge >= 0.3 is 0 Å². The van der Waals surface area contributed by atoms with Gasteiger partial charge in [0.2, 0.25) is 5.91 Å². The minimum absolute atomic E-state index is 0.0646. The summed E-state index contributed by atoms with van der Waals surface area (Å²) in [5, 5.41) is 3.40. The van der Waals surface area contributed by atoms with Crippen LogP contribution in [0.15, 0.2) is 42.5 Å². The molecule has 0 radical (unpaired) electrons. The van der Waals surface area contributed by atoms with Gasteiger partial charge in [-0.2, -0.15) is 0 Å². The average molecular weight is 366 g/mol. The fourth-order valence-corrected chi connectivity index (χ4v) is 2.43. The second-order valence-electron chi connectivity index (χ2n) is 5.41. The summed E-state index contributed by atoms with van der Waals surface area (Å²) in [6, 6.07) is 11.4. The van der Waals surface area contributed by atoms with Crippen molar-refractivity contribution in [2.24, 2.45) is 0 Å². The van der Waals surface area contributed by atoms with Crippen LogP contribution < -0.4 is 5.32 Å². The van der Waals surface area contributed by atoms with Crippen LogP contribution in [0.4, 0.5) is 5.69 Å². The van der Waals surface area contributed by atoms with Gasteiger partial charge in [0.15, 0.2) is 5.78 Å². The lowest BCUT2D eigenvalue weighted by molar-refractivity contribution is -0.121. The van der Waals surface area contributed by atoms with Crippen molar-refractivity contribution < 1.29 is 14.3 Å². The third kappa shape index (κ3) is 4.81. The SMILES string of the molecule is CC(C)OCC(=O)Nc1ccc(Cl)cc1C(=O)c1ccccc1Cl. The number of anilines is 1. The van der Waals surface area contributed by atoms with Gasteiger partial charge in [0.1, 0.15) is 6.61 Å². The molecule has 1 N–H and O–H groups in total. The second-order valence-corrected chi connectivity index (χ2v) is 6.25. The maximum Gasteiger partial charge on any atom is 0.250 e. The van der Waals surface area contributed by atoms with Crippen molar-refractivity contribution in [3.8, 4) is 0 Å². The van der Waals surface area contributed by atoms with Gasteiger partial charge < -0.3 is 10.1 Å². The molecule has 0 saturated carbocycles. The van der Waals surface area contributed by atoms with Gasteiger partial charge in [0, 0.05) is 16.1 Å². The Kier molecular flexibility index (Phi) is 6.37. The highest BCUT2D eigenvalue weighted by Gasteiger charge is 2.18. The quantitative estimate of drug-likeness (QED) is 0.761. The molecule has 1 amide bonds. The van der Waals surface area contributed by atoms with Crippen LogP contribution >= 0.6 is 23.2 Å². The van der Waals surface area contributed by atoms with E-state index in [0.717, 1.165) is 0 Å². The molecule has 2 aromatic rings. The first-order valence-electron chi connectivity index (χ1n) is 7.38. The summed E-state index contributed by atoms with van der Waals surface area (Å²) >= 11 is 12.1. The molecule has 2 aromatic carbocycles. The zero-order valence-electron chi connectivity index (χ0n) is 13.3. The summed E-state index contributed by atoms with van der Waals surface area (Å²) in [4.78, 5) is 24.7. The zero-order chi connectivity index (χ0) is 17.7. The number of carbonyl (C=O) groups excluding carboxylic acids is 2. The van der Waals surface area contributed by atoms with Gasteiger partial charge in [0.25, 0.3) is 0 Å². The maximum absolute atomic E-state index is 12.8. The van der Waals surface area contributed by atoms with Gasteiger partial charge in [-0.3, -0.25) is 9.59 Å². The first kappa shape index (κ1) is 18.5. The number of carbonyl (C=O) groups is 2. The fraction of sp³-hybridized carbons (Fsp3) is 0.222. The van der Waals surface area contributed by atoms with Crippen molar-refractivity contribution >= 4 is 40.6 Å². The van der Waals surface area contributed by atoms with E-state index < -0.39 is 0 Å². The Bertz CT molecular complexity index is 760. The predicted molar refractivity (Wildman–Crippen MR) is 96.1 cm³/mol. The first-order chi connectivity index (χ1) is 11.4. The van der Waals surface area contributed by atoms with Crippen LogP contribution in [0.2, 0.25) is 10.0 Å². The standard InChI is InChI=1S/C18H17Cl2NO3/c1-11(2)24-10-17(22)21-16-8-7-12(19)9-14(16)18(23)13-5-3-4-6-15(13)20/h3-9,11H,10H2,1-2H3,(H,21,22). The molecule has 0 bridgehead atoms. The Morgan fingerprint density at radius 1 is 1.08 bits per heavy atom. The highest BCUT2D eigenvalue weighted by atomic mass is 35.5. The number of hydrogen-bond donors (Lipinski definition) is 1. The molecule has 0 spiro atoms. The van der Waals surface area contributed by atoms with Crippen molar-refractivity contribution in [3.05, 3.63) is 63.6 Å². The molecule has 4 nitrogen and oxygen atoms in total. The molecule has 0 aliphatic heterocycles. The van der Waals surface area contributed by atoms with Crippen LogP contribution in [-0.4, -0.2) is 24.4 Å². The van der Waals surface area contributed by atoms with E-state index in [1.807, 2.05) is 13.8 Å². The highest BCUT2D eigenvalue weighted by Crippen LogP contribution is 2.26. The molecule has 0 aliphatic rings. The molecule has 0 saturated heterocycles. The van der Waals surface area contributed by atoms with E-state index in [4.69, 9.17) is 27.9 Å². The van der Waals surface area contributed by atoms with Crippen molar-refractivity contribution in [1.82, 2.24) is 0 Å². The third-order valence-corrected chi connectivity index (χ3v) is 3.73. The summed E-state index contributed by atoms with van der Waals surface area (Å²) in [6.45, 7) is 3.57. The van der Waals surface area contributed by atoms with E-state index >= 15 is 0 Å². The summed E-state index contributed by atoms with van der Waals surface area (Å²) in [7, 11) is 0. The molecule has 0 aliphatic carbocycles. The molecule has 0 unspecified atom stereocenters. The number of rotatable bonds is 6. The largest absolute Gasteiger partial charge is 0.369 e. The molecule has 6 heteroatoms. The van der Waals surface area contributed by atoms with E-state index in [2.05, 4.69) is 5.32 Å². The van der Waals surface area contributed by atoms with E-state index in [1.165, 1.54) is 6.07 Å². The Labute approximate surface area is 150 Å². The second kappa shape index (κ2) is 8.29. The summed E-state index contributed by atoms with van der Waals surface area (Å²) in [6.07, 6.45) is -0.0646. The summed E-state index contributed by atoms with van der Waals surface area (Å²) < 4.78 is 5.26. The molecule has 0 fully saturated rings. The normalized spacial score (nSPS) is 10.7. The van der Waals surface area contributed by atoms with Crippen molar-refractivity contribution in [1.29, 1.82) is 0 Å².